The van der Waals surface area contributed by atoms with Crippen LogP contribution in [0.15, 0.2) is 29.2 Å². The van der Waals surface area contributed by atoms with E-state index < -0.39 is 10.0 Å². The van der Waals surface area contributed by atoms with Gasteiger partial charge in [-0.25, -0.2) is 13.1 Å². The molecule has 0 spiro atoms. The standard InChI is InChI=1S/C15H22N2O3S/c1-12-6-8-17(9-7-12)15(18)11-16-21(19,20)14-5-3-4-13(2)10-14/h3-5,10,12,16H,6-9,11H2,1-2H3. The number of carbonyl (C=O) groups is 1. The maximum atomic E-state index is 12.1. The molecule has 1 aliphatic rings. The fraction of sp³-hybridized carbons (Fsp3) is 0.533. The van der Waals surface area contributed by atoms with Crippen molar-refractivity contribution in [1.82, 2.24) is 9.62 Å². The van der Waals surface area contributed by atoms with Crippen molar-refractivity contribution in [2.75, 3.05) is 19.6 Å². The molecule has 0 aromatic heterocycles. The van der Waals surface area contributed by atoms with Gasteiger partial charge < -0.3 is 4.90 Å². The second-order valence-electron chi connectivity index (χ2n) is 5.70. The third-order valence-electron chi connectivity index (χ3n) is 3.85. The van der Waals surface area contributed by atoms with E-state index in [-0.39, 0.29) is 17.3 Å². The Morgan fingerprint density at radius 3 is 2.62 bits per heavy atom. The van der Waals surface area contributed by atoms with Crippen molar-refractivity contribution < 1.29 is 13.2 Å². The van der Waals surface area contributed by atoms with Gasteiger partial charge in [0.1, 0.15) is 0 Å². The first-order valence-electron chi connectivity index (χ1n) is 7.22. The van der Waals surface area contributed by atoms with Crippen molar-refractivity contribution in [2.45, 2.75) is 31.6 Å². The van der Waals surface area contributed by atoms with Gasteiger partial charge in [-0.3, -0.25) is 4.79 Å². The number of hydrogen-bond donors (Lipinski definition) is 1. The summed E-state index contributed by atoms with van der Waals surface area (Å²) < 4.78 is 26.7. The molecule has 0 saturated carbocycles. The highest BCUT2D eigenvalue weighted by atomic mass is 32.2. The molecule has 1 fully saturated rings. The first-order chi connectivity index (χ1) is 9.88. The zero-order valence-corrected chi connectivity index (χ0v) is 13.3. The predicted molar refractivity (Wildman–Crippen MR) is 81.3 cm³/mol. The maximum Gasteiger partial charge on any atom is 0.241 e. The molecule has 0 aliphatic carbocycles. The number of rotatable bonds is 4. The SMILES string of the molecule is Cc1cccc(S(=O)(=O)NCC(=O)N2CCC(C)CC2)c1. The summed E-state index contributed by atoms with van der Waals surface area (Å²) in [6, 6.07) is 6.65. The van der Waals surface area contributed by atoms with Crippen molar-refractivity contribution in [3.8, 4) is 0 Å². The van der Waals surface area contributed by atoms with Gasteiger partial charge in [0.05, 0.1) is 11.4 Å². The van der Waals surface area contributed by atoms with Gasteiger partial charge in [0, 0.05) is 13.1 Å². The van der Waals surface area contributed by atoms with Crippen molar-refractivity contribution in [3.63, 3.8) is 0 Å². The van der Waals surface area contributed by atoms with Crippen LogP contribution in [0.5, 0.6) is 0 Å². The van der Waals surface area contributed by atoms with E-state index in [9.17, 15) is 13.2 Å². The molecule has 1 amide bonds. The van der Waals surface area contributed by atoms with E-state index in [2.05, 4.69) is 11.6 Å². The number of carbonyl (C=O) groups excluding carboxylic acids is 1. The van der Waals surface area contributed by atoms with Gasteiger partial charge in [-0.1, -0.05) is 19.1 Å². The largest absolute Gasteiger partial charge is 0.342 e. The molecule has 1 heterocycles. The first kappa shape index (κ1) is 16.0. The van der Waals surface area contributed by atoms with Crippen molar-refractivity contribution in [2.24, 2.45) is 5.92 Å². The molecule has 5 nitrogen and oxygen atoms in total. The summed E-state index contributed by atoms with van der Waals surface area (Å²) in [6.07, 6.45) is 1.97. The molecule has 0 atom stereocenters. The van der Waals surface area contributed by atoms with Crippen LogP contribution in [-0.4, -0.2) is 38.9 Å². The number of nitrogens with zero attached hydrogens (tertiary/aromatic N) is 1. The second-order valence-corrected chi connectivity index (χ2v) is 7.47. The average molecular weight is 310 g/mol. The van der Waals surface area contributed by atoms with Crippen LogP contribution in [0.3, 0.4) is 0 Å². The summed E-state index contributed by atoms with van der Waals surface area (Å²) in [7, 11) is -3.62. The molecule has 0 radical (unpaired) electrons. The van der Waals surface area contributed by atoms with E-state index in [1.165, 1.54) is 6.07 Å². The van der Waals surface area contributed by atoms with Gasteiger partial charge in [0.15, 0.2) is 0 Å². The molecule has 0 bridgehead atoms. The van der Waals surface area contributed by atoms with Crippen molar-refractivity contribution in [3.05, 3.63) is 29.8 Å². The molecular weight excluding hydrogens is 288 g/mol. The number of hydrogen-bond acceptors (Lipinski definition) is 3. The van der Waals surface area contributed by atoms with Gasteiger partial charge in [-0.15, -0.1) is 0 Å². The lowest BCUT2D eigenvalue weighted by Gasteiger charge is -2.30. The quantitative estimate of drug-likeness (QED) is 0.917. The summed E-state index contributed by atoms with van der Waals surface area (Å²) in [6.45, 7) is 5.25. The lowest BCUT2D eigenvalue weighted by Crippen LogP contribution is -2.43. The molecule has 2 rings (SSSR count). The molecule has 116 valence electrons. The molecule has 1 aromatic rings. The smallest absolute Gasteiger partial charge is 0.241 e. The Kier molecular flexibility index (Phi) is 5.00. The summed E-state index contributed by atoms with van der Waals surface area (Å²) in [5.41, 5.74) is 0.870. The Labute approximate surface area is 126 Å². The van der Waals surface area contributed by atoms with Gasteiger partial charge in [0.25, 0.3) is 0 Å². The first-order valence-corrected chi connectivity index (χ1v) is 8.71. The lowest BCUT2D eigenvalue weighted by atomic mass is 9.99. The predicted octanol–water partition coefficient (Wildman–Crippen LogP) is 1.53. The number of aryl methyl sites for hydroxylation is 1. The fourth-order valence-corrected chi connectivity index (χ4v) is 3.47. The number of piperidine rings is 1. The molecule has 1 N–H and O–H groups in total. The topological polar surface area (TPSA) is 66.5 Å². The van der Waals surface area contributed by atoms with Crippen LogP contribution in [0.2, 0.25) is 0 Å². The maximum absolute atomic E-state index is 12.1. The average Bonchev–Trinajstić information content (AvgIpc) is 2.45. The Hall–Kier alpha value is -1.40. The van der Waals surface area contributed by atoms with Crippen molar-refractivity contribution >= 4 is 15.9 Å². The highest BCUT2D eigenvalue weighted by Crippen LogP contribution is 2.16. The van der Waals surface area contributed by atoms with Gasteiger partial charge in [-0.05, 0) is 43.4 Å². The Morgan fingerprint density at radius 2 is 2.00 bits per heavy atom. The third-order valence-corrected chi connectivity index (χ3v) is 5.25. The molecule has 21 heavy (non-hydrogen) atoms. The van der Waals surface area contributed by atoms with Gasteiger partial charge in [0.2, 0.25) is 15.9 Å². The number of amides is 1. The third kappa shape index (κ3) is 4.28. The second kappa shape index (κ2) is 6.58. The van der Waals surface area contributed by atoms with E-state index in [0.29, 0.717) is 19.0 Å². The molecule has 1 saturated heterocycles. The summed E-state index contributed by atoms with van der Waals surface area (Å²) in [4.78, 5) is 14.0. The Bertz CT molecular complexity index is 605. The highest BCUT2D eigenvalue weighted by Gasteiger charge is 2.22. The molecule has 0 unspecified atom stereocenters. The van der Waals surface area contributed by atoms with Crippen LogP contribution < -0.4 is 4.72 Å². The minimum Gasteiger partial charge on any atom is -0.342 e. The number of likely N-dealkylation sites (tertiary alicyclic amines) is 1. The monoisotopic (exact) mass is 310 g/mol. The number of nitrogens with one attached hydrogen (secondary N) is 1. The summed E-state index contributed by atoms with van der Waals surface area (Å²) in [5.74, 6) is 0.483. The Morgan fingerprint density at radius 1 is 1.33 bits per heavy atom. The minimum absolute atomic E-state index is 0.155. The Balaban J connectivity index is 1.94. The van der Waals surface area contributed by atoms with Crippen LogP contribution in [0.4, 0.5) is 0 Å². The van der Waals surface area contributed by atoms with Crippen molar-refractivity contribution in [1.29, 1.82) is 0 Å². The highest BCUT2D eigenvalue weighted by molar-refractivity contribution is 7.89. The van der Waals surface area contributed by atoms with Crippen LogP contribution in [0.25, 0.3) is 0 Å². The normalized spacial score (nSPS) is 17.0. The van der Waals surface area contributed by atoms with E-state index in [1.807, 2.05) is 13.0 Å². The minimum atomic E-state index is -3.62. The van der Waals surface area contributed by atoms with E-state index in [0.717, 1.165) is 18.4 Å². The fourth-order valence-electron chi connectivity index (χ4n) is 2.39. The van der Waals surface area contributed by atoms with E-state index in [1.54, 1.807) is 17.0 Å². The van der Waals surface area contributed by atoms with Crippen LogP contribution in [0.1, 0.15) is 25.3 Å². The summed E-state index contributed by atoms with van der Waals surface area (Å²) >= 11 is 0. The van der Waals surface area contributed by atoms with Gasteiger partial charge >= 0.3 is 0 Å². The molecule has 1 aliphatic heterocycles. The molecule has 6 heteroatoms. The number of benzene rings is 1. The van der Waals surface area contributed by atoms with Crippen LogP contribution in [-0.2, 0) is 14.8 Å². The molecule has 1 aromatic carbocycles. The molecular formula is C15H22N2O3S. The van der Waals surface area contributed by atoms with E-state index in [4.69, 9.17) is 0 Å². The zero-order chi connectivity index (χ0) is 15.5. The van der Waals surface area contributed by atoms with Crippen LogP contribution >= 0.6 is 0 Å². The lowest BCUT2D eigenvalue weighted by molar-refractivity contribution is -0.131. The van der Waals surface area contributed by atoms with Gasteiger partial charge in [-0.2, -0.15) is 0 Å². The zero-order valence-electron chi connectivity index (χ0n) is 12.5. The summed E-state index contributed by atoms with van der Waals surface area (Å²) in [5, 5.41) is 0. The van der Waals surface area contributed by atoms with E-state index >= 15 is 0 Å². The van der Waals surface area contributed by atoms with Crippen LogP contribution in [0, 0.1) is 12.8 Å². The number of sulfonamides is 1.